The average molecular weight is 392 g/mol. The smallest absolute Gasteiger partial charge is 0.251 e. The van der Waals surface area contributed by atoms with Crippen LogP contribution in [0, 0.1) is 19.7 Å². The van der Waals surface area contributed by atoms with E-state index in [0.717, 1.165) is 48.6 Å². The summed E-state index contributed by atoms with van der Waals surface area (Å²) in [7, 11) is 0. The van der Waals surface area contributed by atoms with Crippen molar-refractivity contribution in [3.05, 3.63) is 71.0 Å². The van der Waals surface area contributed by atoms with E-state index in [9.17, 15) is 9.18 Å². The third-order valence-electron chi connectivity index (χ3n) is 5.64. The summed E-state index contributed by atoms with van der Waals surface area (Å²) in [6.07, 6.45) is 1.74. The Balaban J connectivity index is 1.34. The van der Waals surface area contributed by atoms with Gasteiger partial charge in [-0.2, -0.15) is 5.10 Å². The summed E-state index contributed by atoms with van der Waals surface area (Å²) < 4.78 is 13.1. The van der Waals surface area contributed by atoms with Gasteiger partial charge < -0.3 is 10.2 Å². The largest absolute Gasteiger partial charge is 0.355 e. The fraction of sp³-hybridized carbons (Fsp3) is 0.304. The lowest BCUT2D eigenvalue weighted by molar-refractivity contribution is 0.0931. The first kappa shape index (κ1) is 19.2. The van der Waals surface area contributed by atoms with Gasteiger partial charge in [0.25, 0.3) is 5.91 Å². The van der Waals surface area contributed by atoms with Crippen molar-refractivity contribution in [2.45, 2.75) is 32.7 Å². The number of aryl methyl sites for hydroxylation is 2. The Kier molecular flexibility index (Phi) is 5.34. The second kappa shape index (κ2) is 8.07. The van der Waals surface area contributed by atoms with E-state index in [-0.39, 0.29) is 17.8 Å². The molecule has 1 aromatic heterocycles. The van der Waals surface area contributed by atoms with E-state index in [0.29, 0.717) is 5.56 Å². The molecule has 0 saturated carbocycles. The zero-order valence-corrected chi connectivity index (χ0v) is 16.7. The molecule has 5 nitrogen and oxygen atoms in total. The number of rotatable bonds is 4. The van der Waals surface area contributed by atoms with Crippen LogP contribution in [0.3, 0.4) is 0 Å². The van der Waals surface area contributed by atoms with Gasteiger partial charge in [-0.25, -0.2) is 4.39 Å². The van der Waals surface area contributed by atoms with E-state index in [1.165, 1.54) is 17.7 Å². The SMILES string of the molecule is Cc1ccc(C(=O)NC2CCN(c3cc(-c4ccc(F)cc4)[nH]n3)CC2)cc1C. The topological polar surface area (TPSA) is 61.0 Å². The number of benzene rings is 2. The molecule has 2 N–H and O–H groups in total. The van der Waals surface area contributed by atoms with Crippen molar-refractivity contribution < 1.29 is 9.18 Å². The molecular formula is C23H25FN4O. The summed E-state index contributed by atoms with van der Waals surface area (Å²) in [5.41, 5.74) is 4.80. The second-order valence-electron chi connectivity index (χ2n) is 7.68. The molecule has 0 unspecified atom stereocenters. The van der Waals surface area contributed by atoms with Crippen molar-refractivity contribution in [1.29, 1.82) is 0 Å². The summed E-state index contributed by atoms with van der Waals surface area (Å²) >= 11 is 0. The van der Waals surface area contributed by atoms with Crippen LogP contribution in [0.25, 0.3) is 11.3 Å². The Morgan fingerprint density at radius 2 is 1.79 bits per heavy atom. The summed E-state index contributed by atoms with van der Waals surface area (Å²) in [5.74, 6) is 0.617. The van der Waals surface area contributed by atoms with Crippen LogP contribution in [-0.2, 0) is 0 Å². The summed E-state index contributed by atoms with van der Waals surface area (Å²) in [4.78, 5) is 14.8. The van der Waals surface area contributed by atoms with E-state index in [2.05, 4.69) is 20.4 Å². The maximum atomic E-state index is 13.1. The first-order valence-corrected chi connectivity index (χ1v) is 9.94. The molecule has 6 heteroatoms. The quantitative estimate of drug-likeness (QED) is 0.698. The minimum absolute atomic E-state index is 0.00934. The molecule has 0 bridgehead atoms. The number of aromatic amines is 1. The summed E-state index contributed by atoms with van der Waals surface area (Å²) in [6, 6.07) is 14.3. The average Bonchev–Trinajstić information content (AvgIpc) is 3.21. The van der Waals surface area contributed by atoms with Crippen molar-refractivity contribution in [3.8, 4) is 11.3 Å². The number of piperidine rings is 1. The van der Waals surface area contributed by atoms with Crippen molar-refractivity contribution in [2.24, 2.45) is 0 Å². The molecule has 1 amide bonds. The van der Waals surface area contributed by atoms with Gasteiger partial charge in [0, 0.05) is 30.8 Å². The lowest BCUT2D eigenvalue weighted by atomic mass is 10.0. The number of halogens is 1. The summed E-state index contributed by atoms with van der Waals surface area (Å²) in [6.45, 7) is 5.72. The minimum atomic E-state index is -0.251. The van der Waals surface area contributed by atoms with Gasteiger partial charge in [0.1, 0.15) is 5.82 Å². The standard InChI is InChI=1S/C23H25FN4O/c1-15-3-4-18(13-16(15)2)23(29)25-20-9-11-28(12-10-20)22-14-21(26-27-22)17-5-7-19(24)8-6-17/h3-8,13-14,20H,9-12H2,1-2H3,(H,25,29)(H,26,27). The molecule has 4 rings (SSSR count). The Bertz CT molecular complexity index is 1000. The highest BCUT2D eigenvalue weighted by atomic mass is 19.1. The molecule has 0 aliphatic carbocycles. The molecule has 1 saturated heterocycles. The number of aromatic nitrogens is 2. The van der Waals surface area contributed by atoms with E-state index in [1.54, 1.807) is 12.1 Å². The van der Waals surface area contributed by atoms with Gasteiger partial charge in [-0.15, -0.1) is 0 Å². The van der Waals surface area contributed by atoms with Gasteiger partial charge in [0.15, 0.2) is 5.82 Å². The van der Waals surface area contributed by atoms with Crippen molar-refractivity contribution in [3.63, 3.8) is 0 Å². The fourth-order valence-electron chi connectivity index (χ4n) is 3.65. The molecule has 3 aromatic rings. The van der Waals surface area contributed by atoms with E-state index >= 15 is 0 Å². The number of hydrogen-bond acceptors (Lipinski definition) is 3. The Morgan fingerprint density at radius 1 is 1.07 bits per heavy atom. The highest BCUT2D eigenvalue weighted by molar-refractivity contribution is 5.94. The maximum Gasteiger partial charge on any atom is 0.251 e. The maximum absolute atomic E-state index is 13.1. The van der Waals surface area contributed by atoms with Crippen molar-refractivity contribution in [1.82, 2.24) is 15.5 Å². The first-order valence-electron chi connectivity index (χ1n) is 9.94. The molecule has 29 heavy (non-hydrogen) atoms. The van der Waals surface area contributed by atoms with E-state index in [4.69, 9.17) is 0 Å². The third kappa shape index (κ3) is 4.31. The van der Waals surface area contributed by atoms with E-state index < -0.39 is 0 Å². The zero-order valence-electron chi connectivity index (χ0n) is 16.7. The zero-order chi connectivity index (χ0) is 20.4. The molecule has 1 aliphatic rings. The lowest BCUT2D eigenvalue weighted by Crippen LogP contribution is -2.44. The van der Waals surface area contributed by atoms with E-state index in [1.807, 2.05) is 38.1 Å². The Hall–Kier alpha value is -3.15. The predicted molar refractivity (Wildman–Crippen MR) is 113 cm³/mol. The number of carbonyl (C=O) groups is 1. The molecule has 150 valence electrons. The van der Waals surface area contributed by atoms with Gasteiger partial charge in [-0.3, -0.25) is 9.89 Å². The summed E-state index contributed by atoms with van der Waals surface area (Å²) in [5, 5.41) is 10.6. The molecule has 1 fully saturated rings. The van der Waals surface area contributed by atoms with Gasteiger partial charge in [-0.05, 0) is 79.8 Å². The van der Waals surface area contributed by atoms with Crippen LogP contribution >= 0.6 is 0 Å². The number of carbonyl (C=O) groups excluding carboxylic acids is 1. The molecule has 0 spiro atoms. The Labute approximate surface area is 169 Å². The minimum Gasteiger partial charge on any atom is -0.355 e. The van der Waals surface area contributed by atoms with Gasteiger partial charge in [0.05, 0.1) is 5.69 Å². The Morgan fingerprint density at radius 3 is 2.48 bits per heavy atom. The van der Waals surface area contributed by atoms with Crippen LogP contribution < -0.4 is 10.2 Å². The molecular weight excluding hydrogens is 367 g/mol. The van der Waals surface area contributed by atoms with Gasteiger partial charge >= 0.3 is 0 Å². The molecule has 1 aliphatic heterocycles. The molecule has 0 atom stereocenters. The first-order chi connectivity index (χ1) is 14.0. The molecule has 0 radical (unpaired) electrons. The normalized spacial score (nSPS) is 14.8. The predicted octanol–water partition coefficient (Wildman–Crippen LogP) is 4.23. The van der Waals surface area contributed by atoms with Crippen LogP contribution in [-0.4, -0.2) is 35.2 Å². The van der Waals surface area contributed by atoms with Crippen molar-refractivity contribution in [2.75, 3.05) is 18.0 Å². The number of hydrogen-bond donors (Lipinski definition) is 2. The second-order valence-corrected chi connectivity index (χ2v) is 7.68. The van der Waals surface area contributed by atoms with Crippen LogP contribution in [0.4, 0.5) is 10.2 Å². The monoisotopic (exact) mass is 392 g/mol. The number of nitrogens with zero attached hydrogens (tertiary/aromatic N) is 2. The molecule has 2 aromatic carbocycles. The number of nitrogens with one attached hydrogen (secondary N) is 2. The van der Waals surface area contributed by atoms with Crippen LogP contribution in [0.1, 0.15) is 34.3 Å². The lowest BCUT2D eigenvalue weighted by Gasteiger charge is -2.32. The third-order valence-corrected chi connectivity index (χ3v) is 5.64. The van der Waals surface area contributed by atoms with Crippen LogP contribution in [0.5, 0.6) is 0 Å². The van der Waals surface area contributed by atoms with Crippen LogP contribution in [0.15, 0.2) is 48.5 Å². The van der Waals surface area contributed by atoms with Crippen molar-refractivity contribution >= 4 is 11.7 Å². The van der Waals surface area contributed by atoms with Gasteiger partial charge in [0.2, 0.25) is 0 Å². The van der Waals surface area contributed by atoms with Gasteiger partial charge in [-0.1, -0.05) is 6.07 Å². The fourth-order valence-corrected chi connectivity index (χ4v) is 3.65. The van der Waals surface area contributed by atoms with Crippen LogP contribution in [0.2, 0.25) is 0 Å². The molecule has 2 heterocycles. The number of H-pyrrole nitrogens is 1. The number of anilines is 1. The number of amides is 1. The highest BCUT2D eigenvalue weighted by Gasteiger charge is 2.23. The highest BCUT2D eigenvalue weighted by Crippen LogP contribution is 2.24.